The van der Waals surface area contributed by atoms with Crippen molar-refractivity contribution >= 4 is 23.6 Å². The summed E-state index contributed by atoms with van der Waals surface area (Å²) in [7, 11) is 2.28. The average molecular weight is 742 g/mol. The van der Waals surface area contributed by atoms with Gasteiger partial charge in [0.25, 0.3) is 0 Å². The van der Waals surface area contributed by atoms with Gasteiger partial charge in [0.2, 0.25) is 5.91 Å². The number of amides is 2. The number of hydrogen-bond donors (Lipinski definition) is 1. The fourth-order valence-electron chi connectivity index (χ4n) is 7.63. The van der Waals surface area contributed by atoms with Gasteiger partial charge in [-0.15, -0.1) is 0 Å². The van der Waals surface area contributed by atoms with E-state index in [2.05, 4.69) is 53.7 Å². The second-order valence-electron chi connectivity index (χ2n) is 14.5. The second kappa shape index (κ2) is 18.1. The van der Waals surface area contributed by atoms with Crippen LogP contribution in [0, 0.1) is 11.7 Å². The zero-order valence-electron chi connectivity index (χ0n) is 30.8. The topological polar surface area (TPSA) is 71.1 Å². The highest BCUT2D eigenvalue weighted by atomic mass is 35.5. The molecule has 0 saturated carbocycles. The van der Waals surface area contributed by atoms with Crippen LogP contribution in [0.5, 0.6) is 5.75 Å². The van der Waals surface area contributed by atoms with E-state index in [1.165, 1.54) is 22.8 Å². The fourth-order valence-corrected chi connectivity index (χ4v) is 7.82. The Labute approximate surface area is 318 Å². The number of nitrogens with zero attached hydrogens (tertiary/aromatic N) is 3. The van der Waals surface area contributed by atoms with Crippen molar-refractivity contribution in [3.8, 4) is 16.9 Å². The SMILES string of the molecule is CCOc1cccc(F)c1CN1CCN(C(=O)[C@H](NC(=O)OCc2ccccc2)C2CC[N+](C)(CCc3cc(Cl)ccc3-c3ccccc3)CC2)CC1. The first kappa shape index (κ1) is 38.3. The fraction of sp³-hybridized carbons (Fsp3) is 0.395. The maximum absolute atomic E-state index is 14.8. The maximum atomic E-state index is 14.8. The van der Waals surface area contributed by atoms with Crippen molar-refractivity contribution in [2.75, 3.05) is 59.5 Å². The quantitative estimate of drug-likeness (QED) is 0.143. The summed E-state index contributed by atoms with van der Waals surface area (Å²) in [5.41, 5.74) is 5.01. The Kier molecular flexibility index (Phi) is 13.0. The molecular formula is C43H51ClFN4O4+. The Morgan fingerprint density at radius 1 is 0.925 bits per heavy atom. The molecule has 8 nitrogen and oxygen atoms in total. The summed E-state index contributed by atoms with van der Waals surface area (Å²) >= 11 is 6.47. The number of piperidine rings is 1. The van der Waals surface area contributed by atoms with Crippen molar-refractivity contribution in [1.82, 2.24) is 15.1 Å². The van der Waals surface area contributed by atoms with Gasteiger partial charge in [-0.1, -0.05) is 84.4 Å². The molecule has 2 saturated heterocycles. The molecule has 4 aromatic carbocycles. The third-order valence-electron chi connectivity index (χ3n) is 10.8. The molecule has 2 heterocycles. The Morgan fingerprint density at radius 2 is 1.62 bits per heavy atom. The first-order chi connectivity index (χ1) is 25.7. The lowest BCUT2D eigenvalue weighted by molar-refractivity contribution is -0.915. The number of rotatable bonds is 13. The third kappa shape index (κ3) is 10.2. The third-order valence-corrected chi connectivity index (χ3v) is 11.1. The van der Waals surface area contributed by atoms with Crippen molar-refractivity contribution in [3.05, 3.63) is 125 Å². The van der Waals surface area contributed by atoms with Gasteiger partial charge in [-0.3, -0.25) is 9.69 Å². The van der Waals surface area contributed by atoms with Crippen molar-refractivity contribution < 1.29 is 27.9 Å². The number of likely N-dealkylation sites (N-methyl/N-ethyl adjacent to an activating group) is 1. The second-order valence-corrected chi connectivity index (χ2v) is 14.9. The molecule has 2 aliphatic rings. The van der Waals surface area contributed by atoms with Crippen LogP contribution in [0.1, 0.15) is 36.5 Å². The van der Waals surface area contributed by atoms with Crippen LogP contribution in [0.4, 0.5) is 9.18 Å². The molecular weight excluding hydrogens is 691 g/mol. The van der Waals surface area contributed by atoms with E-state index in [1.54, 1.807) is 12.1 Å². The van der Waals surface area contributed by atoms with Crippen molar-refractivity contribution in [2.45, 2.75) is 45.4 Å². The van der Waals surface area contributed by atoms with Gasteiger partial charge in [0.1, 0.15) is 24.2 Å². The van der Waals surface area contributed by atoms with Gasteiger partial charge in [0.15, 0.2) is 0 Å². The largest absolute Gasteiger partial charge is 0.493 e. The molecule has 1 atom stereocenters. The van der Waals surface area contributed by atoms with Gasteiger partial charge in [0, 0.05) is 62.6 Å². The van der Waals surface area contributed by atoms with Crippen LogP contribution in [0.3, 0.4) is 0 Å². The summed E-state index contributed by atoms with van der Waals surface area (Å²) < 4.78 is 27.0. The molecule has 4 aromatic rings. The smallest absolute Gasteiger partial charge is 0.408 e. The van der Waals surface area contributed by atoms with Gasteiger partial charge in [0.05, 0.1) is 33.3 Å². The maximum Gasteiger partial charge on any atom is 0.408 e. The molecule has 0 aromatic heterocycles. The molecule has 2 fully saturated rings. The van der Waals surface area contributed by atoms with E-state index in [0.29, 0.717) is 50.6 Å². The van der Waals surface area contributed by atoms with E-state index in [4.69, 9.17) is 21.1 Å². The predicted molar refractivity (Wildman–Crippen MR) is 207 cm³/mol. The zero-order valence-corrected chi connectivity index (χ0v) is 31.6. The summed E-state index contributed by atoms with van der Waals surface area (Å²) in [4.78, 5) is 31.5. The molecule has 0 radical (unpaired) electrons. The van der Waals surface area contributed by atoms with Gasteiger partial charge in [-0.05, 0) is 59.4 Å². The van der Waals surface area contributed by atoms with E-state index >= 15 is 0 Å². The normalized spacial score (nSPS) is 19.7. The van der Waals surface area contributed by atoms with Crippen LogP contribution >= 0.6 is 11.6 Å². The molecule has 2 aliphatic heterocycles. The van der Waals surface area contributed by atoms with Crippen LogP contribution < -0.4 is 10.1 Å². The highest BCUT2D eigenvalue weighted by Gasteiger charge is 2.40. The number of hydrogen-bond acceptors (Lipinski definition) is 5. The molecule has 53 heavy (non-hydrogen) atoms. The minimum atomic E-state index is -0.702. The van der Waals surface area contributed by atoms with Crippen LogP contribution in [-0.2, 0) is 29.1 Å². The summed E-state index contributed by atoms with van der Waals surface area (Å²) in [6, 6.07) is 30.3. The van der Waals surface area contributed by atoms with E-state index in [9.17, 15) is 14.0 Å². The molecule has 1 N–H and O–H groups in total. The Hall–Kier alpha value is -4.44. The lowest BCUT2D eigenvalue weighted by Crippen LogP contribution is -2.60. The number of carbonyl (C=O) groups is 2. The monoisotopic (exact) mass is 741 g/mol. The van der Waals surface area contributed by atoms with Crippen molar-refractivity contribution in [2.24, 2.45) is 5.92 Å². The molecule has 6 rings (SSSR count). The summed E-state index contributed by atoms with van der Waals surface area (Å²) in [6.07, 6.45) is 1.87. The Morgan fingerprint density at radius 3 is 2.32 bits per heavy atom. The molecule has 0 spiro atoms. The molecule has 0 bridgehead atoms. The van der Waals surface area contributed by atoms with Gasteiger partial charge in [-0.2, -0.15) is 0 Å². The number of carbonyl (C=O) groups excluding carboxylic acids is 2. The average Bonchev–Trinajstić information content (AvgIpc) is 3.18. The number of quaternary nitrogens is 1. The van der Waals surface area contributed by atoms with E-state index in [0.717, 1.165) is 54.0 Å². The lowest BCUT2D eigenvalue weighted by Gasteiger charge is -2.43. The number of ether oxygens (including phenoxy) is 2. The molecule has 10 heteroatoms. The number of halogens is 2. The molecule has 2 amide bonds. The van der Waals surface area contributed by atoms with Gasteiger partial charge >= 0.3 is 6.09 Å². The zero-order chi connectivity index (χ0) is 37.2. The number of piperazine rings is 1. The molecule has 280 valence electrons. The molecule has 0 aliphatic carbocycles. The Bertz CT molecular complexity index is 1810. The van der Waals surface area contributed by atoms with Crippen LogP contribution in [0.25, 0.3) is 11.1 Å². The first-order valence-electron chi connectivity index (χ1n) is 18.8. The van der Waals surface area contributed by atoms with Gasteiger partial charge in [-0.25, -0.2) is 9.18 Å². The number of likely N-dealkylation sites (tertiary alicyclic amines) is 1. The minimum absolute atomic E-state index is 0.0331. The summed E-state index contributed by atoms with van der Waals surface area (Å²) in [6.45, 7) is 7.72. The number of benzene rings is 4. The minimum Gasteiger partial charge on any atom is -0.493 e. The first-order valence-corrected chi connectivity index (χ1v) is 19.1. The van der Waals surface area contributed by atoms with E-state index < -0.39 is 12.1 Å². The van der Waals surface area contributed by atoms with Crippen LogP contribution in [0.15, 0.2) is 97.1 Å². The van der Waals surface area contributed by atoms with E-state index in [1.807, 2.05) is 54.3 Å². The number of nitrogens with one attached hydrogen (secondary N) is 1. The standard InChI is InChI=1S/C43H50ClFN4O4/c1-3-52-40-16-10-15-39(45)38(40)30-47-22-24-48(25-23-47)42(50)41(46-43(51)53-31-32-11-6-4-7-12-32)34-19-26-49(2,27-20-34)28-21-35-29-36(44)17-18-37(35)33-13-8-5-9-14-33/h4-18,29,34,41H,3,19-28,30-31H2,1-2H3/p+1/t34?,41-,49?/m1/s1. The van der Waals surface area contributed by atoms with Crippen molar-refractivity contribution in [3.63, 3.8) is 0 Å². The summed E-state index contributed by atoms with van der Waals surface area (Å²) in [5, 5.41) is 3.73. The highest BCUT2D eigenvalue weighted by Crippen LogP contribution is 2.31. The van der Waals surface area contributed by atoms with Crippen LogP contribution in [-0.4, -0.2) is 91.8 Å². The van der Waals surface area contributed by atoms with Gasteiger partial charge < -0.3 is 24.2 Å². The highest BCUT2D eigenvalue weighted by molar-refractivity contribution is 6.30. The number of alkyl carbamates (subject to hydrolysis) is 1. The lowest BCUT2D eigenvalue weighted by atomic mass is 9.87. The Balaban J connectivity index is 1.10. The predicted octanol–water partition coefficient (Wildman–Crippen LogP) is 7.58. The van der Waals surface area contributed by atoms with Crippen molar-refractivity contribution in [1.29, 1.82) is 0 Å². The van der Waals surface area contributed by atoms with E-state index in [-0.39, 0.29) is 24.2 Å². The molecule has 0 unspecified atom stereocenters. The van der Waals surface area contributed by atoms with Crippen LogP contribution in [0.2, 0.25) is 5.02 Å². The summed E-state index contributed by atoms with van der Waals surface area (Å²) in [5.74, 6) is 0.139.